The molecule has 1 aromatic heterocycles. The van der Waals surface area contributed by atoms with E-state index in [4.69, 9.17) is 0 Å². The number of pyridine rings is 1. The SMILES string of the molecule is CC(=NNC(=O)c1ccc(C)nc1)c1ccc(F)cc1. The predicted molar refractivity (Wildman–Crippen MR) is 75.1 cm³/mol. The Morgan fingerprint density at radius 3 is 2.40 bits per heavy atom. The van der Waals surface area contributed by atoms with Crippen molar-refractivity contribution >= 4 is 11.6 Å². The van der Waals surface area contributed by atoms with Crippen LogP contribution in [0.2, 0.25) is 0 Å². The van der Waals surface area contributed by atoms with Crippen molar-refractivity contribution in [2.24, 2.45) is 5.10 Å². The van der Waals surface area contributed by atoms with Gasteiger partial charge in [0.1, 0.15) is 5.82 Å². The Kier molecular flexibility index (Phi) is 4.20. The highest BCUT2D eigenvalue weighted by Crippen LogP contribution is 2.04. The summed E-state index contributed by atoms with van der Waals surface area (Å²) in [6.45, 7) is 3.58. The maximum Gasteiger partial charge on any atom is 0.272 e. The molecule has 0 aliphatic rings. The van der Waals surface area contributed by atoms with Crippen molar-refractivity contribution in [3.63, 3.8) is 0 Å². The third-order valence-electron chi connectivity index (χ3n) is 2.76. The Hall–Kier alpha value is -2.56. The molecule has 0 saturated carbocycles. The lowest BCUT2D eigenvalue weighted by Crippen LogP contribution is -2.19. The van der Waals surface area contributed by atoms with Crippen LogP contribution in [0.3, 0.4) is 0 Å². The van der Waals surface area contributed by atoms with Gasteiger partial charge >= 0.3 is 0 Å². The number of halogens is 1. The van der Waals surface area contributed by atoms with Gasteiger partial charge in [-0.05, 0) is 43.7 Å². The van der Waals surface area contributed by atoms with Crippen molar-refractivity contribution in [2.75, 3.05) is 0 Å². The second kappa shape index (κ2) is 6.06. The largest absolute Gasteiger partial charge is 0.272 e. The van der Waals surface area contributed by atoms with Gasteiger partial charge < -0.3 is 0 Å². The first-order chi connectivity index (χ1) is 9.56. The van der Waals surface area contributed by atoms with E-state index in [9.17, 15) is 9.18 Å². The van der Waals surface area contributed by atoms with Gasteiger partial charge in [-0.2, -0.15) is 5.10 Å². The first-order valence-electron chi connectivity index (χ1n) is 6.09. The average Bonchev–Trinajstić information content (AvgIpc) is 2.46. The average molecular weight is 271 g/mol. The maximum absolute atomic E-state index is 12.8. The van der Waals surface area contributed by atoms with Crippen molar-refractivity contribution in [1.29, 1.82) is 0 Å². The molecular formula is C15H14FN3O. The second-order valence-electron chi connectivity index (χ2n) is 4.33. The summed E-state index contributed by atoms with van der Waals surface area (Å²) in [5.41, 5.74) is 5.06. The number of aryl methyl sites for hydroxylation is 1. The highest BCUT2D eigenvalue weighted by atomic mass is 19.1. The third kappa shape index (κ3) is 3.47. The maximum atomic E-state index is 12.8. The summed E-state index contributed by atoms with van der Waals surface area (Å²) < 4.78 is 12.8. The van der Waals surface area contributed by atoms with E-state index in [2.05, 4.69) is 15.5 Å². The number of nitrogens with zero attached hydrogens (tertiary/aromatic N) is 2. The summed E-state index contributed by atoms with van der Waals surface area (Å²) >= 11 is 0. The van der Waals surface area contributed by atoms with E-state index in [0.29, 0.717) is 11.3 Å². The summed E-state index contributed by atoms with van der Waals surface area (Å²) in [4.78, 5) is 15.9. The van der Waals surface area contributed by atoms with Crippen molar-refractivity contribution in [3.8, 4) is 0 Å². The van der Waals surface area contributed by atoms with E-state index in [-0.39, 0.29) is 11.7 Å². The summed E-state index contributed by atoms with van der Waals surface area (Å²) in [5, 5.41) is 3.99. The van der Waals surface area contributed by atoms with Gasteiger partial charge in [0.05, 0.1) is 11.3 Å². The van der Waals surface area contributed by atoms with E-state index in [1.807, 2.05) is 6.92 Å². The van der Waals surface area contributed by atoms with Crippen LogP contribution in [0.25, 0.3) is 0 Å². The Morgan fingerprint density at radius 2 is 1.80 bits per heavy atom. The molecule has 0 radical (unpaired) electrons. The molecule has 0 unspecified atom stereocenters. The molecule has 0 atom stereocenters. The standard InChI is InChI=1S/C15H14FN3O/c1-10-3-4-13(9-17-10)15(20)19-18-11(2)12-5-7-14(16)8-6-12/h3-9H,1-2H3,(H,19,20). The molecule has 0 saturated heterocycles. The highest BCUT2D eigenvalue weighted by molar-refractivity contribution is 6.00. The quantitative estimate of drug-likeness (QED) is 0.689. The van der Waals surface area contributed by atoms with Gasteiger partial charge in [-0.15, -0.1) is 0 Å². The predicted octanol–water partition coefficient (Wildman–Crippen LogP) is 2.68. The number of hydrogen-bond acceptors (Lipinski definition) is 3. The highest BCUT2D eigenvalue weighted by Gasteiger charge is 2.05. The first kappa shape index (κ1) is 13.9. The fourth-order valence-corrected chi connectivity index (χ4v) is 1.56. The molecule has 20 heavy (non-hydrogen) atoms. The minimum Gasteiger partial charge on any atom is -0.267 e. The topological polar surface area (TPSA) is 54.4 Å². The Morgan fingerprint density at radius 1 is 1.15 bits per heavy atom. The van der Waals surface area contributed by atoms with E-state index in [0.717, 1.165) is 11.3 Å². The second-order valence-corrected chi connectivity index (χ2v) is 4.33. The Labute approximate surface area is 116 Å². The first-order valence-corrected chi connectivity index (χ1v) is 6.09. The Balaban J connectivity index is 2.06. The van der Waals surface area contributed by atoms with Crippen molar-refractivity contribution in [1.82, 2.24) is 10.4 Å². The molecule has 102 valence electrons. The van der Waals surface area contributed by atoms with Gasteiger partial charge in [0.2, 0.25) is 0 Å². The number of nitrogens with one attached hydrogen (secondary N) is 1. The molecule has 1 heterocycles. The zero-order valence-electron chi connectivity index (χ0n) is 11.2. The number of rotatable bonds is 3. The minimum absolute atomic E-state index is 0.309. The zero-order chi connectivity index (χ0) is 14.5. The van der Waals surface area contributed by atoms with Gasteiger partial charge in [0, 0.05) is 11.9 Å². The van der Waals surface area contributed by atoms with Gasteiger partial charge in [0.25, 0.3) is 5.91 Å². The summed E-state index contributed by atoms with van der Waals surface area (Å²) in [6.07, 6.45) is 1.49. The number of hydrogen-bond donors (Lipinski definition) is 1. The summed E-state index contributed by atoms with van der Waals surface area (Å²) in [7, 11) is 0. The molecule has 5 heteroatoms. The smallest absolute Gasteiger partial charge is 0.267 e. The normalized spacial score (nSPS) is 11.2. The van der Waals surface area contributed by atoms with Crippen molar-refractivity contribution in [2.45, 2.75) is 13.8 Å². The zero-order valence-corrected chi connectivity index (χ0v) is 11.2. The van der Waals surface area contributed by atoms with Crippen LogP contribution in [0.4, 0.5) is 4.39 Å². The molecule has 0 bridgehead atoms. The molecule has 0 spiro atoms. The number of carbonyl (C=O) groups excluding carboxylic acids is 1. The van der Waals surface area contributed by atoms with Crippen LogP contribution in [0.5, 0.6) is 0 Å². The summed E-state index contributed by atoms with van der Waals surface area (Å²) in [6, 6.07) is 9.34. The fourth-order valence-electron chi connectivity index (χ4n) is 1.56. The van der Waals surface area contributed by atoms with Gasteiger partial charge in [0.15, 0.2) is 0 Å². The van der Waals surface area contributed by atoms with E-state index in [1.165, 1.54) is 18.3 Å². The number of carbonyl (C=O) groups is 1. The van der Waals surface area contributed by atoms with Crippen LogP contribution in [-0.4, -0.2) is 16.6 Å². The fraction of sp³-hybridized carbons (Fsp3) is 0.133. The molecule has 1 aromatic carbocycles. The lowest BCUT2D eigenvalue weighted by molar-refractivity contribution is 0.0954. The van der Waals surface area contributed by atoms with Crippen molar-refractivity contribution < 1.29 is 9.18 Å². The van der Waals surface area contributed by atoms with Crippen molar-refractivity contribution in [3.05, 3.63) is 65.2 Å². The number of hydrazone groups is 1. The van der Waals surface area contributed by atoms with Crippen LogP contribution in [0.1, 0.15) is 28.5 Å². The van der Waals surface area contributed by atoms with Crippen LogP contribution >= 0.6 is 0 Å². The van der Waals surface area contributed by atoms with Gasteiger partial charge in [-0.1, -0.05) is 12.1 Å². The van der Waals surface area contributed by atoms with Crippen LogP contribution in [-0.2, 0) is 0 Å². The Bertz CT molecular complexity index is 633. The molecule has 4 nitrogen and oxygen atoms in total. The molecule has 0 aliphatic carbocycles. The van der Waals surface area contributed by atoms with Crippen LogP contribution in [0, 0.1) is 12.7 Å². The molecule has 1 N–H and O–H groups in total. The molecule has 0 aliphatic heterocycles. The molecule has 0 fully saturated rings. The van der Waals surface area contributed by atoms with Gasteiger partial charge in [-0.25, -0.2) is 9.82 Å². The van der Waals surface area contributed by atoms with Crippen LogP contribution < -0.4 is 5.43 Å². The van der Waals surface area contributed by atoms with E-state index >= 15 is 0 Å². The summed E-state index contributed by atoms with van der Waals surface area (Å²) in [5.74, 6) is -0.643. The van der Waals surface area contributed by atoms with E-state index < -0.39 is 0 Å². The molecule has 1 amide bonds. The van der Waals surface area contributed by atoms with Gasteiger partial charge in [-0.3, -0.25) is 9.78 Å². The minimum atomic E-state index is -0.334. The third-order valence-corrected chi connectivity index (χ3v) is 2.76. The number of amides is 1. The number of benzene rings is 1. The van der Waals surface area contributed by atoms with Crippen LogP contribution in [0.15, 0.2) is 47.7 Å². The monoisotopic (exact) mass is 271 g/mol. The molecule has 2 aromatic rings. The number of aromatic nitrogens is 1. The lowest BCUT2D eigenvalue weighted by atomic mass is 10.1. The van der Waals surface area contributed by atoms with E-state index in [1.54, 1.807) is 31.2 Å². The molecule has 2 rings (SSSR count). The lowest BCUT2D eigenvalue weighted by Gasteiger charge is -2.03. The molecular weight excluding hydrogens is 257 g/mol.